The summed E-state index contributed by atoms with van der Waals surface area (Å²) >= 11 is 0. The Hall–Kier alpha value is -2.32. The van der Waals surface area contributed by atoms with Gasteiger partial charge in [0.2, 0.25) is 0 Å². The molecule has 0 atom stereocenters. The van der Waals surface area contributed by atoms with E-state index in [-0.39, 0.29) is 5.57 Å². The summed E-state index contributed by atoms with van der Waals surface area (Å²) in [5.41, 5.74) is 6.26. The van der Waals surface area contributed by atoms with Crippen molar-refractivity contribution >= 4 is 11.6 Å². The molecule has 0 saturated heterocycles. The van der Waals surface area contributed by atoms with Gasteiger partial charge in [0.1, 0.15) is 17.7 Å². The Bertz CT molecular complexity index is 648. The molecule has 0 bridgehead atoms. The van der Waals surface area contributed by atoms with Crippen LogP contribution in [0.5, 0.6) is 0 Å². The summed E-state index contributed by atoms with van der Waals surface area (Å²) in [5, 5.41) is 18.0. The largest absolute Gasteiger partial charge is 0.192 e. The average Bonchev–Trinajstić information content (AvgIpc) is 2.81. The maximum Gasteiger partial charge on any atom is 0.133 e. The molecule has 86 valence electrons. The van der Waals surface area contributed by atoms with E-state index in [2.05, 4.69) is 24.3 Å². The number of benzene rings is 1. The summed E-state index contributed by atoms with van der Waals surface area (Å²) in [6, 6.07) is 8.45. The quantitative estimate of drug-likeness (QED) is 0.644. The van der Waals surface area contributed by atoms with Crippen LogP contribution in [0, 0.1) is 22.7 Å². The number of nitriles is 2. The first-order chi connectivity index (χ1) is 8.83. The summed E-state index contributed by atoms with van der Waals surface area (Å²) in [6.07, 6.45) is 8.28. The molecule has 0 heterocycles. The van der Waals surface area contributed by atoms with Gasteiger partial charge in [-0.25, -0.2) is 0 Å². The first-order valence-corrected chi connectivity index (χ1v) is 6.19. The first kappa shape index (κ1) is 10.8. The van der Waals surface area contributed by atoms with E-state index in [1.54, 1.807) is 0 Å². The van der Waals surface area contributed by atoms with Gasteiger partial charge in [0.05, 0.1) is 0 Å². The van der Waals surface area contributed by atoms with E-state index in [0.29, 0.717) is 0 Å². The highest BCUT2D eigenvalue weighted by Gasteiger charge is 2.22. The Morgan fingerprint density at radius 2 is 1.83 bits per heavy atom. The zero-order valence-corrected chi connectivity index (χ0v) is 10.0. The number of hydrogen-bond acceptors (Lipinski definition) is 2. The molecule has 2 heteroatoms. The van der Waals surface area contributed by atoms with Crippen molar-refractivity contribution in [2.45, 2.75) is 25.7 Å². The van der Waals surface area contributed by atoms with Gasteiger partial charge in [-0.15, -0.1) is 0 Å². The van der Waals surface area contributed by atoms with Gasteiger partial charge in [0.15, 0.2) is 0 Å². The molecule has 0 radical (unpaired) electrons. The SMILES string of the molecule is N#CC(C#N)=C1CCc2cc3c(cc21)CCC=C3. The summed E-state index contributed by atoms with van der Waals surface area (Å²) in [4.78, 5) is 0. The number of hydrogen-bond donors (Lipinski definition) is 0. The van der Waals surface area contributed by atoms with Gasteiger partial charge in [-0.2, -0.15) is 10.5 Å². The van der Waals surface area contributed by atoms with Crippen LogP contribution in [0.4, 0.5) is 0 Å². The van der Waals surface area contributed by atoms with Crippen LogP contribution in [0.15, 0.2) is 23.8 Å². The topological polar surface area (TPSA) is 47.6 Å². The third kappa shape index (κ3) is 1.55. The monoisotopic (exact) mass is 232 g/mol. The fourth-order valence-electron chi connectivity index (χ4n) is 2.83. The Kier molecular flexibility index (Phi) is 2.50. The molecule has 0 fully saturated rings. The molecule has 2 aliphatic carbocycles. The van der Waals surface area contributed by atoms with Crippen molar-refractivity contribution in [1.82, 2.24) is 0 Å². The van der Waals surface area contributed by atoms with Crippen LogP contribution in [0.25, 0.3) is 11.6 Å². The highest BCUT2D eigenvalue weighted by atomic mass is 14.3. The van der Waals surface area contributed by atoms with Gasteiger partial charge in [0.25, 0.3) is 0 Å². The van der Waals surface area contributed by atoms with E-state index < -0.39 is 0 Å². The fourth-order valence-corrected chi connectivity index (χ4v) is 2.83. The van der Waals surface area contributed by atoms with Gasteiger partial charge in [-0.1, -0.05) is 24.3 Å². The minimum atomic E-state index is 0.278. The molecule has 0 saturated carbocycles. The summed E-state index contributed by atoms with van der Waals surface area (Å²) in [6.45, 7) is 0. The third-order valence-corrected chi connectivity index (χ3v) is 3.74. The normalized spacial score (nSPS) is 15.6. The van der Waals surface area contributed by atoms with E-state index in [4.69, 9.17) is 10.5 Å². The van der Waals surface area contributed by atoms with Crippen molar-refractivity contribution < 1.29 is 0 Å². The van der Waals surface area contributed by atoms with Gasteiger partial charge in [0, 0.05) is 0 Å². The first-order valence-electron chi connectivity index (χ1n) is 6.19. The van der Waals surface area contributed by atoms with Crippen molar-refractivity contribution in [3.8, 4) is 12.1 Å². The smallest absolute Gasteiger partial charge is 0.133 e. The maximum atomic E-state index is 9.01. The number of rotatable bonds is 0. The van der Waals surface area contributed by atoms with E-state index in [1.165, 1.54) is 16.7 Å². The molecule has 0 unspecified atom stereocenters. The minimum Gasteiger partial charge on any atom is -0.192 e. The Morgan fingerprint density at radius 1 is 1.00 bits per heavy atom. The van der Waals surface area contributed by atoms with Crippen molar-refractivity contribution in [3.63, 3.8) is 0 Å². The zero-order chi connectivity index (χ0) is 12.5. The second kappa shape index (κ2) is 4.17. The molecule has 3 rings (SSSR count). The molecule has 0 aromatic heterocycles. The molecule has 2 nitrogen and oxygen atoms in total. The molecular weight excluding hydrogens is 220 g/mol. The number of aryl methyl sites for hydroxylation is 2. The number of allylic oxidation sites excluding steroid dienone is 3. The van der Waals surface area contributed by atoms with Gasteiger partial charge in [-0.3, -0.25) is 0 Å². The second-order valence-corrected chi connectivity index (χ2v) is 4.73. The highest BCUT2D eigenvalue weighted by molar-refractivity contribution is 5.81. The van der Waals surface area contributed by atoms with Crippen LogP contribution < -0.4 is 0 Å². The minimum absolute atomic E-state index is 0.278. The molecular formula is C16H12N2. The molecule has 18 heavy (non-hydrogen) atoms. The highest BCUT2D eigenvalue weighted by Crippen LogP contribution is 2.37. The summed E-state index contributed by atoms with van der Waals surface area (Å²) in [5.74, 6) is 0. The lowest BCUT2D eigenvalue weighted by Gasteiger charge is -2.13. The van der Waals surface area contributed by atoms with Gasteiger partial charge >= 0.3 is 0 Å². The molecule has 0 amide bonds. The third-order valence-electron chi connectivity index (χ3n) is 3.74. The van der Waals surface area contributed by atoms with Crippen LogP contribution in [-0.4, -0.2) is 0 Å². The molecule has 0 aliphatic heterocycles. The Balaban J connectivity index is 2.20. The standard InChI is InChI=1S/C16H12N2/c17-9-14(10-18)15-6-5-13-7-11-3-1-2-4-12(11)8-16(13)15/h1,3,7-8H,2,4-6H2. The van der Waals surface area contributed by atoms with Crippen LogP contribution >= 0.6 is 0 Å². The zero-order valence-electron chi connectivity index (χ0n) is 10.0. The average molecular weight is 232 g/mol. The second-order valence-electron chi connectivity index (χ2n) is 4.73. The summed E-state index contributed by atoms with van der Waals surface area (Å²) < 4.78 is 0. The van der Waals surface area contributed by atoms with Gasteiger partial charge in [-0.05, 0) is 53.5 Å². The molecule has 0 spiro atoms. The number of nitrogens with zero attached hydrogens (tertiary/aromatic N) is 2. The lowest BCUT2D eigenvalue weighted by atomic mass is 9.91. The van der Waals surface area contributed by atoms with Crippen LogP contribution in [0.1, 0.15) is 35.1 Å². The van der Waals surface area contributed by atoms with Crippen LogP contribution in [0.2, 0.25) is 0 Å². The predicted octanol–water partition coefficient (Wildman–Crippen LogP) is 3.39. The van der Waals surface area contributed by atoms with Crippen molar-refractivity contribution in [3.05, 3.63) is 46.0 Å². The van der Waals surface area contributed by atoms with E-state index in [9.17, 15) is 0 Å². The maximum absolute atomic E-state index is 9.01. The fraction of sp³-hybridized carbons (Fsp3) is 0.250. The molecule has 1 aromatic rings. The van der Waals surface area contributed by atoms with Crippen molar-refractivity contribution in [2.24, 2.45) is 0 Å². The molecule has 2 aliphatic rings. The van der Waals surface area contributed by atoms with Crippen molar-refractivity contribution in [1.29, 1.82) is 10.5 Å². The predicted molar refractivity (Wildman–Crippen MR) is 70.3 cm³/mol. The van der Waals surface area contributed by atoms with E-state index in [0.717, 1.165) is 36.8 Å². The van der Waals surface area contributed by atoms with E-state index >= 15 is 0 Å². The summed E-state index contributed by atoms with van der Waals surface area (Å²) in [7, 11) is 0. The van der Waals surface area contributed by atoms with Crippen LogP contribution in [-0.2, 0) is 12.8 Å². The van der Waals surface area contributed by atoms with Crippen molar-refractivity contribution in [2.75, 3.05) is 0 Å². The van der Waals surface area contributed by atoms with Crippen LogP contribution in [0.3, 0.4) is 0 Å². The van der Waals surface area contributed by atoms with E-state index in [1.807, 2.05) is 12.1 Å². The number of fused-ring (bicyclic) bond motifs is 2. The lowest BCUT2D eigenvalue weighted by molar-refractivity contribution is 0.981. The Morgan fingerprint density at radius 3 is 2.61 bits per heavy atom. The lowest BCUT2D eigenvalue weighted by Crippen LogP contribution is -1.97. The van der Waals surface area contributed by atoms with Gasteiger partial charge < -0.3 is 0 Å². The molecule has 0 N–H and O–H groups in total. The molecule has 1 aromatic carbocycles. The Labute approximate surface area is 106 Å².